The Morgan fingerprint density at radius 1 is 1.00 bits per heavy atom. The van der Waals surface area contributed by atoms with Crippen molar-refractivity contribution in [3.8, 4) is 0 Å². The van der Waals surface area contributed by atoms with Gasteiger partial charge in [-0.3, -0.25) is 4.28 Å². The average molecular weight is 377 g/mol. The minimum Gasteiger partial charge on any atom is -0.287 e. The lowest BCUT2D eigenvalue weighted by Gasteiger charge is -2.08. The Morgan fingerprint density at radius 2 is 1.69 bits per heavy atom. The zero-order chi connectivity index (χ0) is 18.7. The lowest BCUT2D eigenvalue weighted by molar-refractivity contribution is -0.137. The fourth-order valence-electron chi connectivity index (χ4n) is 2.44. The van der Waals surface area contributed by atoms with E-state index in [0.29, 0.717) is 4.90 Å². The van der Waals surface area contributed by atoms with Crippen LogP contribution < -0.4 is 0 Å². The van der Waals surface area contributed by atoms with Gasteiger partial charge < -0.3 is 0 Å². The largest absolute Gasteiger partial charge is 0.416 e. The Hall–Kier alpha value is -2.67. The first-order valence-electron chi connectivity index (χ1n) is 7.65. The molecule has 0 aromatic heterocycles. The first kappa shape index (κ1) is 18.1. The predicted molar refractivity (Wildman–Crippen MR) is 95.1 cm³/mol. The van der Waals surface area contributed by atoms with E-state index in [1.165, 1.54) is 19.1 Å². The van der Waals surface area contributed by atoms with Crippen molar-refractivity contribution in [2.24, 2.45) is 5.16 Å². The molecular weight excluding hydrogens is 363 g/mol. The van der Waals surface area contributed by atoms with Crippen LogP contribution in [0.4, 0.5) is 13.2 Å². The number of halogens is 3. The van der Waals surface area contributed by atoms with Gasteiger partial charge >= 0.3 is 6.18 Å². The molecule has 0 N–H and O–H groups in total. The van der Waals surface area contributed by atoms with E-state index in [1.807, 2.05) is 30.3 Å². The van der Waals surface area contributed by atoms with Gasteiger partial charge in [-0.1, -0.05) is 53.7 Å². The third-order valence-electron chi connectivity index (χ3n) is 3.78. The maximum absolute atomic E-state index is 12.8. The number of nitrogens with zero attached hydrogens (tertiary/aromatic N) is 1. The van der Waals surface area contributed by atoms with E-state index in [4.69, 9.17) is 4.28 Å². The molecule has 26 heavy (non-hydrogen) atoms. The molecule has 3 rings (SSSR count). The molecule has 0 aliphatic carbocycles. The molecule has 3 aromatic rings. The van der Waals surface area contributed by atoms with Crippen molar-refractivity contribution in [2.45, 2.75) is 18.0 Å². The molecular formula is C19H14F3NO2S. The Balaban J connectivity index is 1.84. The summed E-state index contributed by atoms with van der Waals surface area (Å²) in [5.41, 5.74) is -0.334. The van der Waals surface area contributed by atoms with Crippen LogP contribution in [0.25, 0.3) is 10.8 Å². The van der Waals surface area contributed by atoms with Gasteiger partial charge in [0.05, 0.1) is 16.2 Å². The molecule has 0 amide bonds. The van der Waals surface area contributed by atoms with Crippen LogP contribution in [0.5, 0.6) is 0 Å². The second-order valence-electron chi connectivity index (χ2n) is 5.54. The zero-order valence-electron chi connectivity index (χ0n) is 13.7. The standard InChI is InChI=1S/C19H14F3NO2S/c1-13(15-8-4-9-16(12-15)19(20,21)22)23-25-26(24)18-11-5-7-14-6-2-3-10-17(14)18/h2-12H,1H3/b23-13+. The van der Waals surface area contributed by atoms with Gasteiger partial charge in [0.15, 0.2) is 0 Å². The minimum absolute atomic E-state index is 0.199. The van der Waals surface area contributed by atoms with Crippen LogP contribution in [0, 0.1) is 0 Å². The van der Waals surface area contributed by atoms with E-state index in [2.05, 4.69) is 5.16 Å². The van der Waals surface area contributed by atoms with Crippen molar-refractivity contribution in [3.05, 3.63) is 77.9 Å². The normalized spacial score (nSPS) is 13.6. The van der Waals surface area contributed by atoms with Gasteiger partial charge in [0.1, 0.15) is 0 Å². The van der Waals surface area contributed by atoms with Gasteiger partial charge in [0.25, 0.3) is 11.1 Å². The number of benzene rings is 3. The summed E-state index contributed by atoms with van der Waals surface area (Å²) in [6.07, 6.45) is -4.44. The van der Waals surface area contributed by atoms with E-state index >= 15 is 0 Å². The predicted octanol–water partition coefficient (Wildman–Crippen LogP) is 5.32. The van der Waals surface area contributed by atoms with Crippen LogP contribution in [0.15, 0.2) is 76.8 Å². The second kappa shape index (κ2) is 7.29. The average Bonchev–Trinajstić information content (AvgIpc) is 2.64. The van der Waals surface area contributed by atoms with Gasteiger partial charge in [0, 0.05) is 5.39 Å². The van der Waals surface area contributed by atoms with Gasteiger partial charge in [-0.05, 0) is 36.1 Å². The van der Waals surface area contributed by atoms with E-state index in [9.17, 15) is 17.4 Å². The Labute approximate surface area is 150 Å². The highest BCUT2D eigenvalue weighted by molar-refractivity contribution is 7.80. The van der Waals surface area contributed by atoms with Crippen LogP contribution in [-0.4, -0.2) is 9.92 Å². The first-order valence-corrected chi connectivity index (χ1v) is 8.73. The molecule has 3 nitrogen and oxygen atoms in total. The maximum Gasteiger partial charge on any atom is 0.416 e. The Bertz CT molecular complexity index is 994. The first-order chi connectivity index (χ1) is 12.4. The number of rotatable bonds is 4. The fourth-order valence-corrected chi connectivity index (χ4v) is 3.26. The zero-order valence-corrected chi connectivity index (χ0v) is 14.5. The fraction of sp³-hybridized carbons (Fsp3) is 0.105. The molecule has 0 radical (unpaired) electrons. The Kier molecular flexibility index (Phi) is 5.08. The van der Waals surface area contributed by atoms with Crippen LogP contribution in [0.1, 0.15) is 18.1 Å². The maximum atomic E-state index is 12.8. The van der Waals surface area contributed by atoms with Crippen LogP contribution in [0.2, 0.25) is 0 Å². The second-order valence-corrected chi connectivity index (χ2v) is 6.60. The molecule has 3 aromatic carbocycles. The number of hydrogen-bond acceptors (Lipinski definition) is 3. The lowest BCUT2D eigenvalue weighted by atomic mass is 10.1. The van der Waals surface area contributed by atoms with Crippen LogP contribution >= 0.6 is 0 Å². The van der Waals surface area contributed by atoms with Crippen molar-refractivity contribution in [1.29, 1.82) is 0 Å². The van der Waals surface area contributed by atoms with Crippen molar-refractivity contribution >= 4 is 27.6 Å². The van der Waals surface area contributed by atoms with E-state index in [0.717, 1.165) is 22.9 Å². The lowest BCUT2D eigenvalue weighted by Crippen LogP contribution is -2.07. The van der Waals surface area contributed by atoms with Crippen molar-refractivity contribution in [1.82, 2.24) is 0 Å². The molecule has 7 heteroatoms. The molecule has 0 aliphatic rings. The molecule has 134 valence electrons. The highest BCUT2D eigenvalue weighted by atomic mass is 32.2. The van der Waals surface area contributed by atoms with Gasteiger partial charge in [0.2, 0.25) is 0 Å². The van der Waals surface area contributed by atoms with Crippen molar-refractivity contribution < 1.29 is 21.7 Å². The van der Waals surface area contributed by atoms with Gasteiger partial charge in [-0.25, -0.2) is 4.21 Å². The van der Waals surface area contributed by atoms with E-state index in [-0.39, 0.29) is 11.3 Å². The SMILES string of the molecule is C/C(=N\OS(=O)c1cccc2ccccc12)c1cccc(C(F)(F)F)c1. The number of fused-ring (bicyclic) bond motifs is 1. The molecule has 0 heterocycles. The Morgan fingerprint density at radius 3 is 2.46 bits per heavy atom. The number of hydrogen-bond donors (Lipinski definition) is 0. The number of oxime groups is 1. The third kappa shape index (κ3) is 3.94. The summed E-state index contributed by atoms with van der Waals surface area (Å²) in [5, 5.41) is 5.42. The van der Waals surface area contributed by atoms with Crippen molar-refractivity contribution in [2.75, 3.05) is 0 Å². The molecule has 0 saturated carbocycles. The highest BCUT2D eigenvalue weighted by Gasteiger charge is 2.30. The summed E-state index contributed by atoms with van der Waals surface area (Å²) >= 11 is -1.88. The number of alkyl halides is 3. The van der Waals surface area contributed by atoms with E-state index in [1.54, 1.807) is 12.1 Å². The summed E-state index contributed by atoms with van der Waals surface area (Å²) < 4.78 is 55.9. The minimum atomic E-state index is -4.44. The van der Waals surface area contributed by atoms with Crippen LogP contribution in [-0.2, 0) is 21.5 Å². The summed E-state index contributed by atoms with van der Waals surface area (Å²) in [7, 11) is 0. The topological polar surface area (TPSA) is 38.7 Å². The summed E-state index contributed by atoms with van der Waals surface area (Å²) in [6, 6.07) is 17.4. The highest BCUT2D eigenvalue weighted by Crippen LogP contribution is 2.29. The molecule has 0 bridgehead atoms. The van der Waals surface area contributed by atoms with E-state index < -0.39 is 22.8 Å². The van der Waals surface area contributed by atoms with Crippen LogP contribution in [0.3, 0.4) is 0 Å². The summed E-state index contributed by atoms with van der Waals surface area (Å²) in [5.74, 6) is 0. The molecule has 0 aliphatic heterocycles. The van der Waals surface area contributed by atoms with Gasteiger partial charge in [-0.15, -0.1) is 0 Å². The molecule has 0 spiro atoms. The molecule has 1 atom stereocenters. The van der Waals surface area contributed by atoms with Crippen molar-refractivity contribution in [3.63, 3.8) is 0 Å². The smallest absolute Gasteiger partial charge is 0.287 e. The molecule has 0 fully saturated rings. The summed E-state index contributed by atoms with van der Waals surface area (Å²) in [6.45, 7) is 1.50. The summed E-state index contributed by atoms with van der Waals surface area (Å²) in [4.78, 5) is 0.448. The van der Waals surface area contributed by atoms with Gasteiger partial charge in [-0.2, -0.15) is 13.2 Å². The third-order valence-corrected chi connectivity index (χ3v) is 4.70. The monoisotopic (exact) mass is 377 g/mol. The quantitative estimate of drug-likeness (QED) is 0.456. The molecule has 0 saturated heterocycles. The molecule has 1 unspecified atom stereocenters.